The number of rotatable bonds is 9. The lowest BCUT2D eigenvalue weighted by Gasteiger charge is -2.08. The summed E-state index contributed by atoms with van der Waals surface area (Å²) in [6, 6.07) is 6.28. The molecule has 2 N–H and O–H groups in total. The molecule has 0 heterocycles. The van der Waals surface area contributed by atoms with Gasteiger partial charge in [0.25, 0.3) is 0 Å². The third-order valence-corrected chi connectivity index (χ3v) is 2.75. The third-order valence-electron chi connectivity index (χ3n) is 2.75. The first-order valence-corrected chi connectivity index (χ1v) is 7.57. The number of nitrogens with one attached hydrogen (secondary N) is 2. The van der Waals surface area contributed by atoms with Gasteiger partial charge in [0.15, 0.2) is 0 Å². The number of carbonyl (C=O) groups is 2. The second-order valence-corrected chi connectivity index (χ2v) is 4.64. The van der Waals surface area contributed by atoms with E-state index < -0.39 is 0 Å². The number of amides is 2. The molecule has 1 aromatic rings. The van der Waals surface area contributed by atoms with Crippen LogP contribution in [0.4, 0.5) is 10.5 Å². The van der Waals surface area contributed by atoms with E-state index in [1.54, 1.807) is 31.2 Å². The lowest BCUT2D eigenvalue weighted by molar-refractivity contribution is 0.0526. The molecule has 0 spiro atoms. The van der Waals surface area contributed by atoms with Crippen molar-refractivity contribution in [3.63, 3.8) is 0 Å². The topological polar surface area (TPSA) is 76.7 Å². The van der Waals surface area contributed by atoms with Crippen molar-refractivity contribution in [3.8, 4) is 0 Å². The molecule has 122 valence electrons. The maximum Gasteiger partial charge on any atom is 0.338 e. The highest BCUT2D eigenvalue weighted by molar-refractivity contribution is 5.92. The number of benzene rings is 1. The van der Waals surface area contributed by atoms with Gasteiger partial charge >= 0.3 is 12.0 Å². The first-order valence-electron chi connectivity index (χ1n) is 7.57. The van der Waals surface area contributed by atoms with Crippen LogP contribution in [0.2, 0.25) is 0 Å². The Hall–Kier alpha value is -2.08. The first-order chi connectivity index (χ1) is 10.7. The molecule has 0 aromatic heterocycles. The fourth-order valence-corrected chi connectivity index (χ4v) is 1.70. The van der Waals surface area contributed by atoms with E-state index in [9.17, 15) is 9.59 Å². The van der Waals surface area contributed by atoms with Crippen molar-refractivity contribution in [3.05, 3.63) is 29.8 Å². The summed E-state index contributed by atoms with van der Waals surface area (Å²) in [6.45, 7) is 6.09. The first kappa shape index (κ1) is 18.0. The van der Waals surface area contributed by atoms with Gasteiger partial charge in [-0.3, -0.25) is 0 Å². The Morgan fingerprint density at radius 3 is 2.45 bits per heavy atom. The molecule has 6 heteroatoms. The Labute approximate surface area is 131 Å². The van der Waals surface area contributed by atoms with E-state index in [2.05, 4.69) is 17.6 Å². The van der Waals surface area contributed by atoms with Crippen LogP contribution in [0.1, 0.15) is 37.0 Å². The van der Waals surface area contributed by atoms with Crippen LogP contribution in [-0.4, -0.2) is 38.4 Å². The van der Waals surface area contributed by atoms with Gasteiger partial charge in [0, 0.05) is 25.4 Å². The Morgan fingerprint density at radius 1 is 1.09 bits per heavy atom. The van der Waals surface area contributed by atoms with Crippen LogP contribution in [0.25, 0.3) is 0 Å². The predicted octanol–water partition coefficient (Wildman–Crippen LogP) is 2.80. The fraction of sp³-hybridized carbons (Fsp3) is 0.500. The molecule has 0 radical (unpaired) electrons. The molecule has 0 bridgehead atoms. The Bertz CT molecular complexity index is 460. The number of anilines is 1. The average Bonchev–Trinajstić information content (AvgIpc) is 2.51. The van der Waals surface area contributed by atoms with Crippen molar-refractivity contribution < 1.29 is 19.1 Å². The van der Waals surface area contributed by atoms with Gasteiger partial charge < -0.3 is 20.1 Å². The highest BCUT2D eigenvalue weighted by atomic mass is 16.5. The van der Waals surface area contributed by atoms with Crippen molar-refractivity contribution in [1.29, 1.82) is 0 Å². The molecule has 0 atom stereocenters. The molecular weight excluding hydrogens is 284 g/mol. The van der Waals surface area contributed by atoms with E-state index in [0.29, 0.717) is 31.0 Å². The summed E-state index contributed by atoms with van der Waals surface area (Å²) in [7, 11) is 0. The summed E-state index contributed by atoms with van der Waals surface area (Å²) in [5.74, 6) is -0.370. The zero-order chi connectivity index (χ0) is 16.2. The van der Waals surface area contributed by atoms with E-state index in [4.69, 9.17) is 9.47 Å². The SMILES string of the molecule is CCCOCCCNC(=O)Nc1ccc(C(=O)OCC)cc1. The molecule has 0 saturated heterocycles. The smallest absolute Gasteiger partial charge is 0.338 e. The monoisotopic (exact) mass is 308 g/mol. The zero-order valence-corrected chi connectivity index (χ0v) is 13.2. The molecule has 2 amide bonds. The summed E-state index contributed by atoms with van der Waals surface area (Å²) in [5.41, 5.74) is 1.08. The lowest BCUT2D eigenvalue weighted by Crippen LogP contribution is -2.30. The second-order valence-electron chi connectivity index (χ2n) is 4.64. The minimum absolute atomic E-state index is 0.278. The van der Waals surface area contributed by atoms with Crippen LogP contribution in [0, 0.1) is 0 Å². The van der Waals surface area contributed by atoms with E-state index in [1.165, 1.54) is 0 Å². The van der Waals surface area contributed by atoms with Gasteiger partial charge in [-0.05, 0) is 44.0 Å². The van der Waals surface area contributed by atoms with Crippen LogP contribution >= 0.6 is 0 Å². The molecule has 0 unspecified atom stereocenters. The maximum atomic E-state index is 11.7. The zero-order valence-electron chi connectivity index (χ0n) is 13.2. The van der Waals surface area contributed by atoms with Crippen molar-refractivity contribution >= 4 is 17.7 Å². The van der Waals surface area contributed by atoms with Crippen LogP contribution < -0.4 is 10.6 Å². The average molecular weight is 308 g/mol. The number of hydrogen-bond acceptors (Lipinski definition) is 4. The van der Waals surface area contributed by atoms with Gasteiger partial charge in [0.2, 0.25) is 0 Å². The molecule has 1 aromatic carbocycles. The fourth-order valence-electron chi connectivity index (χ4n) is 1.70. The third kappa shape index (κ3) is 7.08. The van der Waals surface area contributed by atoms with Gasteiger partial charge in [0.05, 0.1) is 12.2 Å². The number of urea groups is 1. The highest BCUT2D eigenvalue weighted by Gasteiger charge is 2.06. The molecular formula is C16H24N2O4. The van der Waals surface area contributed by atoms with E-state index in [-0.39, 0.29) is 12.0 Å². The van der Waals surface area contributed by atoms with Crippen molar-refractivity contribution in [2.75, 3.05) is 31.7 Å². The normalized spacial score (nSPS) is 10.1. The van der Waals surface area contributed by atoms with Crippen LogP contribution in [0.15, 0.2) is 24.3 Å². The summed E-state index contributed by atoms with van der Waals surface area (Å²) >= 11 is 0. The second kappa shape index (κ2) is 10.6. The Morgan fingerprint density at radius 2 is 1.82 bits per heavy atom. The largest absolute Gasteiger partial charge is 0.462 e. The molecule has 0 aliphatic heterocycles. The van der Waals surface area contributed by atoms with Crippen molar-refractivity contribution in [2.45, 2.75) is 26.7 Å². The van der Waals surface area contributed by atoms with Crippen LogP contribution in [-0.2, 0) is 9.47 Å². The summed E-state index contributed by atoms with van der Waals surface area (Å²) in [4.78, 5) is 23.2. The number of ether oxygens (including phenoxy) is 2. The minimum Gasteiger partial charge on any atom is -0.462 e. The van der Waals surface area contributed by atoms with Gasteiger partial charge in [-0.25, -0.2) is 9.59 Å². The van der Waals surface area contributed by atoms with Gasteiger partial charge in [0.1, 0.15) is 0 Å². The highest BCUT2D eigenvalue weighted by Crippen LogP contribution is 2.10. The van der Waals surface area contributed by atoms with E-state index >= 15 is 0 Å². The van der Waals surface area contributed by atoms with E-state index in [0.717, 1.165) is 19.4 Å². The summed E-state index contributed by atoms with van der Waals surface area (Å²) in [6.07, 6.45) is 1.77. The number of hydrogen-bond donors (Lipinski definition) is 2. The van der Waals surface area contributed by atoms with Gasteiger partial charge in [-0.15, -0.1) is 0 Å². The molecule has 6 nitrogen and oxygen atoms in total. The summed E-state index contributed by atoms with van der Waals surface area (Å²) in [5, 5.41) is 5.44. The predicted molar refractivity (Wildman–Crippen MR) is 85.1 cm³/mol. The molecule has 0 fully saturated rings. The molecule has 22 heavy (non-hydrogen) atoms. The molecule has 0 saturated carbocycles. The molecule has 1 rings (SSSR count). The van der Waals surface area contributed by atoms with Crippen molar-refractivity contribution in [2.24, 2.45) is 0 Å². The summed E-state index contributed by atoms with van der Waals surface area (Å²) < 4.78 is 10.2. The molecule has 0 aliphatic rings. The van der Waals surface area contributed by atoms with Gasteiger partial charge in [-0.2, -0.15) is 0 Å². The Kier molecular flexibility index (Phi) is 8.67. The number of carbonyl (C=O) groups excluding carboxylic acids is 2. The minimum atomic E-state index is -0.370. The lowest BCUT2D eigenvalue weighted by atomic mass is 10.2. The Balaban J connectivity index is 2.28. The molecule has 0 aliphatic carbocycles. The number of esters is 1. The van der Waals surface area contributed by atoms with Crippen LogP contribution in [0.3, 0.4) is 0 Å². The van der Waals surface area contributed by atoms with Crippen molar-refractivity contribution in [1.82, 2.24) is 5.32 Å². The van der Waals surface area contributed by atoms with Gasteiger partial charge in [-0.1, -0.05) is 6.92 Å². The maximum absolute atomic E-state index is 11.7. The van der Waals surface area contributed by atoms with Crippen LogP contribution in [0.5, 0.6) is 0 Å². The standard InChI is InChI=1S/C16H24N2O4/c1-3-11-21-12-5-10-17-16(20)18-14-8-6-13(7-9-14)15(19)22-4-2/h6-9H,3-5,10-12H2,1-2H3,(H2,17,18,20). The van der Waals surface area contributed by atoms with E-state index in [1.807, 2.05) is 0 Å². The quantitative estimate of drug-likeness (QED) is 0.543.